The number of methoxy groups -OCH3 is 1. The molecule has 4 heteroatoms. The van der Waals surface area contributed by atoms with Gasteiger partial charge in [-0.2, -0.15) is 0 Å². The third kappa shape index (κ3) is 1.70. The lowest BCUT2D eigenvalue weighted by Gasteiger charge is -2.39. The van der Waals surface area contributed by atoms with E-state index in [0.29, 0.717) is 10.0 Å². The number of carbonyl (C=O) groups is 1. The summed E-state index contributed by atoms with van der Waals surface area (Å²) in [6, 6.07) is 5.24. The molecule has 0 saturated heterocycles. The van der Waals surface area contributed by atoms with Gasteiger partial charge in [0.05, 0.1) is 12.5 Å². The molecule has 0 bridgehead atoms. The van der Waals surface area contributed by atoms with Crippen LogP contribution in [-0.4, -0.2) is 13.1 Å². The van der Waals surface area contributed by atoms with Gasteiger partial charge in [-0.15, -0.1) is 0 Å². The van der Waals surface area contributed by atoms with Crippen molar-refractivity contribution in [2.75, 3.05) is 7.11 Å². The van der Waals surface area contributed by atoms with E-state index in [-0.39, 0.29) is 5.97 Å². The minimum absolute atomic E-state index is 0.206. The third-order valence-corrected chi connectivity index (χ3v) is 3.78. The normalized spacial score (nSPS) is 17.7. The van der Waals surface area contributed by atoms with Crippen LogP contribution in [0.3, 0.4) is 0 Å². The Morgan fingerprint density at radius 1 is 1.38 bits per heavy atom. The molecule has 2 rings (SSSR count). The fraction of sp³-hybridized carbons (Fsp3) is 0.417. The van der Waals surface area contributed by atoms with Crippen molar-refractivity contribution in [3.63, 3.8) is 0 Å². The van der Waals surface area contributed by atoms with Crippen molar-refractivity contribution in [1.29, 1.82) is 0 Å². The minimum atomic E-state index is -0.545. The number of halogens is 2. The van der Waals surface area contributed by atoms with Gasteiger partial charge in [0.2, 0.25) is 0 Å². The molecule has 2 nitrogen and oxygen atoms in total. The molecule has 0 radical (unpaired) electrons. The minimum Gasteiger partial charge on any atom is -0.468 e. The molecule has 0 spiro atoms. The molecule has 0 N–H and O–H groups in total. The number of esters is 1. The molecule has 86 valence electrons. The van der Waals surface area contributed by atoms with Gasteiger partial charge in [0.15, 0.2) is 0 Å². The van der Waals surface area contributed by atoms with Crippen LogP contribution in [0.25, 0.3) is 0 Å². The summed E-state index contributed by atoms with van der Waals surface area (Å²) in [7, 11) is 1.41. The number of hydrogen-bond donors (Lipinski definition) is 0. The van der Waals surface area contributed by atoms with Gasteiger partial charge < -0.3 is 4.74 Å². The highest BCUT2D eigenvalue weighted by Gasteiger charge is 2.47. The van der Waals surface area contributed by atoms with Crippen molar-refractivity contribution in [3.05, 3.63) is 33.8 Å². The molecule has 1 fully saturated rings. The molecule has 0 aromatic heterocycles. The van der Waals surface area contributed by atoms with Gasteiger partial charge in [0.25, 0.3) is 0 Å². The highest BCUT2D eigenvalue weighted by atomic mass is 35.5. The summed E-state index contributed by atoms with van der Waals surface area (Å²) in [5.41, 5.74) is 0.285. The Labute approximate surface area is 104 Å². The van der Waals surface area contributed by atoms with Crippen LogP contribution in [0.2, 0.25) is 10.0 Å². The second-order valence-electron chi connectivity index (χ2n) is 4.05. The van der Waals surface area contributed by atoms with Gasteiger partial charge in [-0.05, 0) is 30.5 Å². The van der Waals surface area contributed by atoms with Crippen molar-refractivity contribution >= 4 is 29.2 Å². The predicted molar refractivity (Wildman–Crippen MR) is 64.0 cm³/mol. The largest absolute Gasteiger partial charge is 0.468 e. The van der Waals surface area contributed by atoms with Gasteiger partial charge in [-0.25, -0.2) is 0 Å². The van der Waals surface area contributed by atoms with Crippen LogP contribution in [0.15, 0.2) is 18.2 Å². The van der Waals surface area contributed by atoms with Gasteiger partial charge in [0, 0.05) is 10.0 Å². The van der Waals surface area contributed by atoms with Crippen LogP contribution >= 0.6 is 23.2 Å². The van der Waals surface area contributed by atoms with Crippen molar-refractivity contribution in [1.82, 2.24) is 0 Å². The molecule has 1 aromatic carbocycles. The zero-order valence-electron chi connectivity index (χ0n) is 8.93. The zero-order chi connectivity index (χ0) is 11.8. The SMILES string of the molecule is COC(=O)C1(c2ccc(Cl)cc2Cl)CCC1. The lowest BCUT2D eigenvalue weighted by molar-refractivity contribution is -0.151. The van der Waals surface area contributed by atoms with E-state index in [1.165, 1.54) is 7.11 Å². The van der Waals surface area contributed by atoms with Crippen molar-refractivity contribution < 1.29 is 9.53 Å². The smallest absolute Gasteiger partial charge is 0.316 e. The molecule has 0 atom stereocenters. The van der Waals surface area contributed by atoms with E-state index >= 15 is 0 Å². The number of hydrogen-bond acceptors (Lipinski definition) is 2. The van der Waals surface area contributed by atoms with Crippen LogP contribution in [0, 0.1) is 0 Å². The maximum atomic E-state index is 11.8. The lowest BCUT2D eigenvalue weighted by atomic mass is 9.64. The molecular weight excluding hydrogens is 247 g/mol. The molecule has 1 aromatic rings. The maximum Gasteiger partial charge on any atom is 0.316 e. The van der Waals surface area contributed by atoms with Crippen molar-refractivity contribution in [3.8, 4) is 0 Å². The van der Waals surface area contributed by atoms with E-state index in [2.05, 4.69) is 0 Å². The van der Waals surface area contributed by atoms with Crippen molar-refractivity contribution in [2.45, 2.75) is 24.7 Å². The summed E-state index contributed by atoms with van der Waals surface area (Å²) >= 11 is 12.0. The first-order chi connectivity index (χ1) is 7.60. The summed E-state index contributed by atoms with van der Waals surface area (Å²) in [6.45, 7) is 0. The Morgan fingerprint density at radius 2 is 2.06 bits per heavy atom. The molecular formula is C12H12Cl2O2. The Bertz CT molecular complexity index is 425. The predicted octanol–water partition coefficient (Wildman–Crippen LogP) is 3.59. The second kappa shape index (κ2) is 4.27. The number of benzene rings is 1. The average molecular weight is 259 g/mol. The summed E-state index contributed by atoms with van der Waals surface area (Å²) in [5, 5.41) is 1.12. The first kappa shape index (κ1) is 11.7. The summed E-state index contributed by atoms with van der Waals surface area (Å²) in [5.74, 6) is -0.206. The average Bonchev–Trinajstić information content (AvgIpc) is 2.19. The summed E-state index contributed by atoms with van der Waals surface area (Å²) in [6.07, 6.45) is 2.61. The Hall–Kier alpha value is -0.730. The fourth-order valence-electron chi connectivity index (χ4n) is 2.19. The summed E-state index contributed by atoms with van der Waals surface area (Å²) < 4.78 is 4.87. The van der Waals surface area contributed by atoms with Gasteiger partial charge >= 0.3 is 5.97 Å². The van der Waals surface area contributed by atoms with E-state index in [1.54, 1.807) is 12.1 Å². The van der Waals surface area contributed by atoms with Crippen LogP contribution in [-0.2, 0) is 14.9 Å². The molecule has 0 unspecified atom stereocenters. The summed E-state index contributed by atoms with van der Waals surface area (Å²) in [4.78, 5) is 11.8. The second-order valence-corrected chi connectivity index (χ2v) is 4.90. The van der Waals surface area contributed by atoms with E-state index in [1.807, 2.05) is 6.07 Å². The van der Waals surface area contributed by atoms with Gasteiger partial charge in [-0.3, -0.25) is 4.79 Å². The van der Waals surface area contributed by atoms with Crippen LogP contribution < -0.4 is 0 Å². The van der Waals surface area contributed by atoms with E-state index in [9.17, 15) is 4.79 Å². The monoisotopic (exact) mass is 258 g/mol. The first-order valence-corrected chi connectivity index (χ1v) is 5.90. The molecule has 16 heavy (non-hydrogen) atoms. The van der Waals surface area contributed by atoms with Gasteiger partial charge in [0.1, 0.15) is 0 Å². The first-order valence-electron chi connectivity index (χ1n) is 5.14. The molecule has 1 aliphatic rings. The third-order valence-electron chi connectivity index (χ3n) is 3.23. The number of ether oxygens (including phenoxy) is 1. The zero-order valence-corrected chi connectivity index (χ0v) is 10.4. The van der Waals surface area contributed by atoms with Crippen molar-refractivity contribution in [2.24, 2.45) is 0 Å². The highest BCUT2D eigenvalue weighted by Crippen LogP contribution is 2.47. The van der Waals surface area contributed by atoms with E-state index < -0.39 is 5.41 Å². The van der Waals surface area contributed by atoms with Crippen LogP contribution in [0.5, 0.6) is 0 Å². The van der Waals surface area contributed by atoms with Gasteiger partial charge in [-0.1, -0.05) is 35.7 Å². The quantitative estimate of drug-likeness (QED) is 0.758. The highest BCUT2D eigenvalue weighted by molar-refractivity contribution is 6.35. The topological polar surface area (TPSA) is 26.3 Å². The van der Waals surface area contributed by atoms with Crippen LogP contribution in [0.1, 0.15) is 24.8 Å². The fourth-order valence-corrected chi connectivity index (χ4v) is 2.78. The lowest BCUT2D eigenvalue weighted by Crippen LogP contribution is -2.43. The maximum absolute atomic E-state index is 11.8. The Balaban J connectivity index is 2.45. The van der Waals surface area contributed by atoms with E-state index in [4.69, 9.17) is 27.9 Å². The van der Waals surface area contributed by atoms with Crippen LogP contribution in [0.4, 0.5) is 0 Å². The molecule has 0 amide bonds. The Morgan fingerprint density at radius 3 is 2.50 bits per heavy atom. The molecule has 0 aliphatic heterocycles. The number of carbonyl (C=O) groups excluding carboxylic acids is 1. The number of rotatable bonds is 2. The Kier molecular flexibility index (Phi) is 3.13. The molecule has 1 aliphatic carbocycles. The standard InChI is InChI=1S/C12H12Cl2O2/c1-16-11(15)12(5-2-6-12)9-4-3-8(13)7-10(9)14/h3-4,7H,2,5-6H2,1H3. The van der Waals surface area contributed by atoms with E-state index in [0.717, 1.165) is 24.8 Å². The molecule has 1 saturated carbocycles. The molecule has 0 heterocycles.